The Hall–Kier alpha value is 0.310. The maximum Gasteiger partial charge on any atom is 0.191 e. The van der Waals surface area contributed by atoms with E-state index in [1.807, 2.05) is 18.8 Å². The lowest BCUT2D eigenvalue weighted by Crippen LogP contribution is -2.47. The molecule has 0 aromatic heterocycles. The molecule has 0 bridgehead atoms. The molecule has 1 aliphatic carbocycles. The first-order chi connectivity index (χ1) is 9.97. The van der Waals surface area contributed by atoms with Crippen molar-refractivity contribution in [3.8, 4) is 0 Å². The van der Waals surface area contributed by atoms with Gasteiger partial charge in [0.25, 0.3) is 0 Å². The first kappa shape index (κ1) is 22.3. The molecule has 4 nitrogen and oxygen atoms in total. The van der Waals surface area contributed by atoms with Crippen LogP contribution in [0.1, 0.15) is 47.0 Å². The van der Waals surface area contributed by atoms with Gasteiger partial charge in [-0.25, -0.2) is 0 Å². The van der Waals surface area contributed by atoms with Crippen LogP contribution in [0.3, 0.4) is 0 Å². The number of aliphatic imine (C=N–C) groups is 1. The van der Waals surface area contributed by atoms with Crippen LogP contribution in [0, 0.1) is 0 Å². The molecule has 1 fully saturated rings. The van der Waals surface area contributed by atoms with Gasteiger partial charge in [0.2, 0.25) is 0 Å². The summed E-state index contributed by atoms with van der Waals surface area (Å²) in [6.45, 7) is 11.0. The number of rotatable bonds is 7. The van der Waals surface area contributed by atoms with E-state index >= 15 is 0 Å². The zero-order chi connectivity index (χ0) is 15.8. The summed E-state index contributed by atoms with van der Waals surface area (Å²) >= 11 is 1.99. The van der Waals surface area contributed by atoms with Crippen molar-refractivity contribution in [3.63, 3.8) is 0 Å². The maximum absolute atomic E-state index is 4.36. The van der Waals surface area contributed by atoms with E-state index in [1.54, 1.807) is 0 Å². The molecule has 6 heteroatoms. The Kier molecular flexibility index (Phi) is 12.0. The van der Waals surface area contributed by atoms with Gasteiger partial charge in [-0.15, -0.1) is 24.0 Å². The fraction of sp³-hybridized carbons (Fsp3) is 0.938. The van der Waals surface area contributed by atoms with E-state index in [1.165, 1.54) is 19.3 Å². The van der Waals surface area contributed by atoms with Gasteiger partial charge in [-0.2, -0.15) is 11.8 Å². The van der Waals surface area contributed by atoms with Crippen LogP contribution in [-0.4, -0.2) is 60.6 Å². The first-order valence-corrected chi connectivity index (χ1v) is 9.52. The smallest absolute Gasteiger partial charge is 0.191 e. The molecular formula is C16H35IN4S. The molecule has 22 heavy (non-hydrogen) atoms. The van der Waals surface area contributed by atoms with Crippen LogP contribution >= 0.6 is 35.7 Å². The number of nitrogens with zero attached hydrogens (tertiary/aromatic N) is 2. The fourth-order valence-corrected chi connectivity index (χ4v) is 3.89. The summed E-state index contributed by atoms with van der Waals surface area (Å²) in [6.07, 6.45) is 6.05. The average Bonchev–Trinajstić information content (AvgIpc) is 2.88. The Morgan fingerprint density at radius 2 is 1.86 bits per heavy atom. The summed E-state index contributed by atoms with van der Waals surface area (Å²) < 4.78 is 0. The first-order valence-electron chi connectivity index (χ1n) is 8.23. The van der Waals surface area contributed by atoms with E-state index in [9.17, 15) is 0 Å². The quantitative estimate of drug-likeness (QED) is 0.361. The highest BCUT2D eigenvalue weighted by molar-refractivity contribution is 14.0. The molecule has 0 aromatic carbocycles. The highest BCUT2D eigenvalue weighted by Crippen LogP contribution is 2.27. The van der Waals surface area contributed by atoms with Gasteiger partial charge in [0.15, 0.2) is 5.96 Å². The lowest BCUT2D eigenvalue weighted by Gasteiger charge is -2.30. The molecule has 0 heterocycles. The molecule has 0 aromatic rings. The molecule has 0 saturated heterocycles. The van der Waals surface area contributed by atoms with Crippen molar-refractivity contribution >= 4 is 41.7 Å². The number of hydrogen-bond acceptors (Lipinski definition) is 3. The largest absolute Gasteiger partial charge is 0.355 e. The standard InChI is InChI=1S/C16H34N4S.HI/c1-12(2)20(13(3)4)10-9-18-16(17-5)19-14-7-8-15(11-14)21-6;/h12-15H,7-11H2,1-6H3,(H2,17,18,19);1H. The Morgan fingerprint density at radius 1 is 1.23 bits per heavy atom. The summed E-state index contributed by atoms with van der Waals surface area (Å²) in [5.74, 6) is 0.953. The summed E-state index contributed by atoms with van der Waals surface area (Å²) in [4.78, 5) is 6.86. The van der Waals surface area contributed by atoms with Crippen molar-refractivity contribution in [1.82, 2.24) is 15.5 Å². The number of nitrogens with one attached hydrogen (secondary N) is 2. The molecule has 2 unspecified atom stereocenters. The Morgan fingerprint density at radius 3 is 2.32 bits per heavy atom. The summed E-state index contributed by atoms with van der Waals surface area (Å²) in [7, 11) is 1.86. The molecule has 0 spiro atoms. The SMILES string of the molecule is CN=C(NCCN(C(C)C)C(C)C)NC1CCC(SC)C1.I. The maximum atomic E-state index is 4.36. The van der Waals surface area contributed by atoms with Crippen LogP contribution in [0.15, 0.2) is 4.99 Å². The van der Waals surface area contributed by atoms with Crippen molar-refractivity contribution in [1.29, 1.82) is 0 Å². The number of hydrogen-bond donors (Lipinski definition) is 2. The van der Waals surface area contributed by atoms with Crippen LogP contribution in [0.5, 0.6) is 0 Å². The van der Waals surface area contributed by atoms with Crippen molar-refractivity contribution in [3.05, 3.63) is 0 Å². The van der Waals surface area contributed by atoms with Crippen LogP contribution in [0.25, 0.3) is 0 Å². The van der Waals surface area contributed by atoms with Gasteiger partial charge in [0.1, 0.15) is 0 Å². The Labute approximate surface area is 158 Å². The second-order valence-corrected chi connectivity index (χ2v) is 7.57. The molecule has 2 atom stereocenters. The summed E-state index contributed by atoms with van der Waals surface area (Å²) in [6, 6.07) is 1.75. The number of halogens is 1. The molecular weight excluding hydrogens is 407 g/mol. The van der Waals surface area contributed by atoms with Gasteiger partial charge >= 0.3 is 0 Å². The molecule has 0 amide bonds. The molecule has 2 N–H and O–H groups in total. The fourth-order valence-electron chi connectivity index (χ4n) is 3.09. The summed E-state index contributed by atoms with van der Waals surface area (Å²) in [5, 5.41) is 7.85. The minimum atomic E-state index is 0. The van der Waals surface area contributed by atoms with Gasteiger partial charge in [0.05, 0.1) is 0 Å². The highest BCUT2D eigenvalue weighted by atomic mass is 127. The van der Waals surface area contributed by atoms with Crippen molar-refractivity contribution in [2.45, 2.75) is 70.3 Å². The Balaban J connectivity index is 0.00000441. The topological polar surface area (TPSA) is 39.7 Å². The lowest BCUT2D eigenvalue weighted by atomic mass is 10.2. The lowest BCUT2D eigenvalue weighted by molar-refractivity contribution is 0.178. The monoisotopic (exact) mass is 442 g/mol. The molecule has 1 rings (SSSR count). The summed E-state index contributed by atoms with van der Waals surface area (Å²) in [5.41, 5.74) is 0. The average molecular weight is 442 g/mol. The van der Waals surface area contributed by atoms with Crippen LogP contribution in [0.4, 0.5) is 0 Å². The van der Waals surface area contributed by atoms with Gasteiger partial charge in [-0.3, -0.25) is 9.89 Å². The van der Waals surface area contributed by atoms with Crippen molar-refractivity contribution < 1.29 is 0 Å². The second kappa shape index (κ2) is 11.8. The van der Waals surface area contributed by atoms with Gasteiger partial charge in [-0.1, -0.05) is 0 Å². The van der Waals surface area contributed by atoms with Crippen molar-refractivity contribution in [2.24, 2.45) is 4.99 Å². The normalized spacial score (nSPS) is 22.3. The van der Waals surface area contributed by atoms with E-state index in [0.29, 0.717) is 18.1 Å². The highest BCUT2D eigenvalue weighted by Gasteiger charge is 2.24. The van der Waals surface area contributed by atoms with Gasteiger partial charge in [0, 0.05) is 43.5 Å². The second-order valence-electron chi connectivity index (χ2n) is 6.44. The minimum absolute atomic E-state index is 0. The zero-order valence-electron chi connectivity index (χ0n) is 15.1. The molecule has 132 valence electrons. The van der Waals surface area contributed by atoms with Crippen molar-refractivity contribution in [2.75, 3.05) is 26.4 Å². The van der Waals surface area contributed by atoms with Crippen LogP contribution in [0.2, 0.25) is 0 Å². The molecule has 1 saturated carbocycles. The molecule has 0 radical (unpaired) electrons. The van der Waals surface area contributed by atoms with Gasteiger partial charge in [-0.05, 0) is 53.2 Å². The zero-order valence-corrected chi connectivity index (χ0v) is 18.2. The van der Waals surface area contributed by atoms with Crippen LogP contribution in [-0.2, 0) is 0 Å². The molecule has 1 aliphatic rings. The molecule has 0 aliphatic heterocycles. The van der Waals surface area contributed by atoms with E-state index in [4.69, 9.17) is 0 Å². The number of thioether (sulfide) groups is 1. The number of guanidine groups is 1. The predicted octanol–water partition coefficient (Wildman–Crippen LogP) is 3.17. The van der Waals surface area contributed by atoms with E-state index in [2.05, 4.69) is 54.5 Å². The Bertz CT molecular complexity index is 315. The van der Waals surface area contributed by atoms with Crippen LogP contribution < -0.4 is 10.6 Å². The third kappa shape index (κ3) is 7.73. The van der Waals surface area contributed by atoms with E-state index < -0.39 is 0 Å². The van der Waals surface area contributed by atoms with Gasteiger partial charge < -0.3 is 10.6 Å². The van der Waals surface area contributed by atoms with E-state index in [-0.39, 0.29) is 24.0 Å². The third-order valence-electron chi connectivity index (χ3n) is 4.27. The van der Waals surface area contributed by atoms with E-state index in [0.717, 1.165) is 24.3 Å². The minimum Gasteiger partial charge on any atom is -0.355 e. The third-order valence-corrected chi connectivity index (χ3v) is 5.37. The predicted molar refractivity (Wildman–Crippen MR) is 112 cm³/mol.